The van der Waals surface area contributed by atoms with Crippen molar-refractivity contribution in [1.82, 2.24) is 9.55 Å². The van der Waals surface area contributed by atoms with E-state index in [1.807, 2.05) is 31.2 Å². The van der Waals surface area contributed by atoms with Crippen molar-refractivity contribution in [3.63, 3.8) is 0 Å². The number of Topliss-reactive ketones (excluding diaryl/α,β-unsaturated/α-hetero) is 1. The lowest BCUT2D eigenvalue weighted by atomic mass is 10.1. The summed E-state index contributed by atoms with van der Waals surface area (Å²) in [6.07, 6.45) is 1.57. The van der Waals surface area contributed by atoms with Crippen molar-refractivity contribution >= 4 is 17.4 Å². The lowest BCUT2D eigenvalue weighted by Gasteiger charge is -2.16. The van der Waals surface area contributed by atoms with Crippen LogP contribution in [-0.4, -0.2) is 22.4 Å². The maximum atomic E-state index is 13.0. The third-order valence-corrected chi connectivity index (χ3v) is 4.88. The standard InChI is InChI=1S/C22H21ClN2O4/c1-13-11-24-18(15(3)26)10-19(13)25-14(2)9-20(21(23)22(25)27)29-12-16-5-7-17(28-4)8-6-16/h5-11H,12H2,1-4H3. The molecule has 2 aromatic heterocycles. The number of benzene rings is 1. The second kappa shape index (κ2) is 8.49. The highest BCUT2D eigenvalue weighted by Crippen LogP contribution is 2.26. The molecule has 150 valence electrons. The average Bonchev–Trinajstić information content (AvgIpc) is 2.71. The highest BCUT2D eigenvalue weighted by Gasteiger charge is 2.16. The monoisotopic (exact) mass is 412 g/mol. The van der Waals surface area contributed by atoms with Gasteiger partial charge in [-0.1, -0.05) is 23.7 Å². The number of nitrogens with zero attached hydrogens (tertiary/aromatic N) is 2. The van der Waals surface area contributed by atoms with E-state index in [0.29, 0.717) is 17.1 Å². The summed E-state index contributed by atoms with van der Waals surface area (Å²) in [5.41, 5.74) is 2.74. The molecule has 0 bridgehead atoms. The number of aromatic nitrogens is 2. The molecular weight excluding hydrogens is 392 g/mol. The van der Waals surface area contributed by atoms with Gasteiger partial charge >= 0.3 is 0 Å². The van der Waals surface area contributed by atoms with Gasteiger partial charge in [-0.05, 0) is 43.2 Å². The molecule has 0 unspecified atom stereocenters. The summed E-state index contributed by atoms with van der Waals surface area (Å²) in [5.74, 6) is 0.880. The zero-order valence-corrected chi connectivity index (χ0v) is 17.4. The first-order valence-electron chi connectivity index (χ1n) is 8.97. The highest BCUT2D eigenvalue weighted by molar-refractivity contribution is 6.31. The Labute approximate surface area is 173 Å². The number of rotatable bonds is 6. The predicted octanol–water partition coefficient (Wildman–Crippen LogP) is 4.29. The fourth-order valence-electron chi connectivity index (χ4n) is 2.92. The maximum Gasteiger partial charge on any atom is 0.277 e. The van der Waals surface area contributed by atoms with Gasteiger partial charge in [0.05, 0.1) is 12.8 Å². The van der Waals surface area contributed by atoms with Crippen LogP contribution in [0.5, 0.6) is 11.5 Å². The molecule has 3 aromatic rings. The Bertz CT molecular complexity index is 1120. The fourth-order valence-corrected chi connectivity index (χ4v) is 3.11. The molecule has 0 aliphatic rings. The van der Waals surface area contributed by atoms with E-state index < -0.39 is 5.56 Å². The van der Waals surface area contributed by atoms with Crippen LogP contribution in [0.2, 0.25) is 5.02 Å². The molecule has 0 aliphatic heterocycles. The van der Waals surface area contributed by atoms with Gasteiger partial charge in [0.25, 0.3) is 5.56 Å². The van der Waals surface area contributed by atoms with Gasteiger partial charge in [-0.2, -0.15) is 0 Å². The first-order chi connectivity index (χ1) is 13.8. The highest BCUT2D eigenvalue weighted by atomic mass is 35.5. The Morgan fingerprint density at radius 3 is 2.48 bits per heavy atom. The third-order valence-electron chi connectivity index (χ3n) is 4.53. The van der Waals surface area contributed by atoms with Crippen LogP contribution in [0.4, 0.5) is 0 Å². The molecule has 3 rings (SSSR count). The van der Waals surface area contributed by atoms with Gasteiger partial charge in [-0.3, -0.25) is 19.1 Å². The average molecular weight is 413 g/mol. The lowest BCUT2D eigenvalue weighted by Crippen LogP contribution is -2.23. The van der Waals surface area contributed by atoms with Crippen molar-refractivity contribution in [3.8, 4) is 17.2 Å². The molecule has 0 saturated heterocycles. The van der Waals surface area contributed by atoms with Crippen molar-refractivity contribution in [3.05, 3.63) is 80.5 Å². The molecule has 2 heterocycles. The molecule has 0 atom stereocenters. The first-order valence-corrected chi connectivity index (χ1v) is 9.35. The Morgan fingerprint density at radius 2 is 1.86 bits per heavy atom. The molecule has 0 aliphatic carbocycles. The molecule has 0 fully saturated rings. The van der Waals surface area contributed by atoms with Crippen LogP contribution in [-0.2, 0) is 6.61 Å². The van der Waals surface area contributed by atoms with Crippen LogP contribution in [0.1, 0.15) is 34.2 Å². The molecule has 7 heteroatoms. The van der Waals surface area contributed by atoms with E-state index in [0.717, 1.165) is 16.9 Å². The largest absolute Gasteiger partial charge is 0.497 e. The van der Waals surface area contributed by atoms with Crippen molar-refractivity contribution in [2.45, 2.75) is 27.4 Å². The number of hydrogen-bond acceptors (Lipinski definition) is 5. The molecule has 29 heavy (non-hydrogen) atoms. The van der Waals surface area contributed by atoms with Gasteiger partial charge in [-0.25, -0.2) is 0 Å². The fraction of sp³-hybridized carbons (Fsp3) is 0.227. The molecule has 0 saturated carbocycles. The van der Waals surface area contributed by atoms with E-state index >= 15 is 0 Å². The molecular formula is C22H21ClN2O4. The number of ether oxygens (including phenoxy) is 2. The van der Waals surface area contributed by atoms with Crippen molar-refractivity contribution < 1.29 is 14.3 Å². The smallest absolute Gasteiger partial charge is 0.277 e. The van der Waals surface area contributed by atoms with E-state index in [9.17, 15) is 9.59 Å². The number of pyridine rings is 2. The molecule has 0 radical (unpaired) electrons. The Hall–Kier alpha value is -3.12. The summed E-state index contributed by atoms with van der Waals surface area (Å²) >= 11 is 6.33. The van der Waals surface area contributed by atoms with E-state index in [4.69, 9.17) is 21.1 Å². The van der Waals surface area contributed by atoms with Crippen LogP contribution in [0.15, 0.2) is 47.4 Å². The lowest BCUT2D eigenvalue weighted by molar-refractivity contribution is 0.101. The van der Waals surface area contributed by atoms with Crippen molar-refractivity contribution in [1.29, 1.82) is 0 Å². The molecule has 0 amide bonds. The van der Waals surface area contributed by atoms with Crippen LogP contribution in [0, 0.1) is 13.8 Å². The molecule has 0 spiro atoms. The number of aryl methyl sites for hydroxylation is 2. The maximum absolute atomic E-state index is 13.0. The van der Waals surface area contributed by atoms with Crippen LogP contribution >= 0.6 is 11.6 Å². The second-order valence-corrected chi connectivity index (χ2v) is 7.03. The third kappa shape index (κ3) is 4.32. The minimum absolute atomic E-state index is 0.0234. The summed E-state index contributed by atoms with van der Waals surface area (Å²) in [5, 5.41) is -0.0234. The Balaban J connectivity index is 1.95. The molecule has 6 nitrogen and oxygen atoms in total. The number of carbonyl (C=O) groups is 1. The minimum atomic E-state index is -0.416. The van der Waals surface area contributed by atoms with E-state index in [1.54, 1.807) is 32.4 Å². The van der Waals surface area contributed by atoms with Gasteiger partial charge < -0.3 is 9.47 Å². The summed E-state index contributed by atoms with van der Waals surface area (Å²) in [6.45, 7) is 5.29. The first kappa shape index (κ1) is 20.6. The summed E-state index contributed by atoms with van der Waals surface area (Å²) in [4.78, 5) is 28.8. The van der Waals surface area contributed by atoms with Crippen LogP contribution in [0.25, 0.3) is 5.69 Å². The number of methoxy groups -OCH3 is 1. The summed E-state index contributed by atoms with van der Waals surface area (Å²) in [6, 6.07) is 10.7. The number of ketones is 1. The predicted molar refractivity (Wildman–Crippen MR) is 112 cm³/mol. The molecule has 1 aromatic carbocycles. The topological polar surface area (TPSA) is 70.4 Å². The number of hydrogen-bond donors (Lipinski definition) is 0. The van der Waals surface area contributed by atoms with Gasteiger partial charge in [0.1, 0.15) is 28.8 Å². The number of halogens is 1. The van der Waals surface area contributed by atoms with Gasteiger partial charge in [0.15, 0.2) is 5.78 Å². The van der Waals surface area contributed by atoms with Gasteiger partial charge in [0.2, 0.25) is 0 Å². The van der Waals surface area contributed by atoms with Crippen molar-refractivity contribution in [2.75, 3.05) is 7.11 Å². The summed E-state index contributed by atoms with van der Waals surface area (Å²) in [7, 11) is 1.60. The van der Waals surface area contributed by atoms with Gasteiger partial charge in [0, 0.05) is 24.9 Å². The number of carbonyl (C=O) groups excluding carboxylic acids is 1. The minimum Gasteiger partial charge on any atom is -0.497 e. The van der Waals surface area contributed by atoms with Gasteiger partial charge in [-0.15, -0.1) is 0 Å². The van der Waals surface area contributed by atoms with E-state index in [1.165, 1.54) is 11.5 Å². The Morgan fingerprint density at radius 1 is 1.17 bits per heavy atom. The molecule has 0 N–H and O–H groups in total. The van der Waals surface area contributed by atoms with Crippen LogP contribution in [0.3, 0.4) is 0 Å². The van der Waals surface area contributed by atoms with Crippen LogP contribution < -0.4 is 15.0 Å². The van der Waals surface area contributed by atoms with E-state index in [2.05, 4.69) is 4.98 Å². The quantitative estimate of drug-likeness (QED) is 0.565. The van der Waals surface area contributed by atoms with Crippen molar-refractivity contribution in [2.24, 2.45) is 0 Å². The SMILES string of the molecule is COc1ccc(COc2cc(C)n(-c3cc(C(C)=O)ncc3C)c(=O)c2Cl)cc1. The van der Waals surface area contributed by atoms with E-state index in [-0.39, 0.29) is 23.1 Å². The normalized spacial score (nSPS) is 10.7. The Kier molecular flexibility index (Phi) is 6.03. The zero-order chi connectivity index (χ0) is 21.1. The zero-order valence-electron chi connectivity index (χ0n) is 16.7. The summed E-state index contributed by atoms with van der Waals surface area (Å²) < 4.78 is 12.4. The second-order valence-electron chi connectivity index (χ2n) is 6.65.